The molecule has 0 unspecified atom stereocenters. The third kappa shape index (κ3) is 5.45. The molecule has 0 aromatic heterocycles. The van der Waals surface area contributed by atoms with Gasteiger partial charge in [0.05, 0.1) is 18.0 Å². The summed E-state index contributed by atoms with van der Waals surface area (Å²) in [4.78, 5) is 28.8. The van der Waals surface area contributed by atoms with Gasteiger partial charge in [0.15, 0.2) is 0 Å². The zero-order chi connectivity index (χ0) is 21.5. The number of amides is 2. The molecule has 1 heterocycles. The number of benzene rings is 2. The lowest BCUT2D eigenvalue weighted by molar-refractivity contribution is -0.131. The van der Waals surface area contributed by atoms with E-state index in [9.17, 15) is 9.59 Å². The van der Waals surface area contributed by atoms with Crippen molar-refractivity contribution in [2.75, 3.05) is 43.0 Å². The van der Waals surface area contributed by atoms with Gasteiger partial charge in [-0.1, -0.05) is 25.4 Å². The molecule has 0 radical (unpaired) electrons. The normalized spacial score (nSPS) is 13.8. The number of hydrogen-bond acceptors (Lipinski definition) is 4. The molecule has 0 bridgehead atoms. The highest BCUT2D eigenvalue weighted by Crippen LogP contribution is 2.30. The summed E-state index contributed by atoms with van der Waals surface area (Å²) in [5, 5.41) is 3.54. The fourth-order valence-electron chi connectivity index (χ4n) is 3.42. The van der Waals surface area contributed by atoms with Crippen LogP contribution in [0.3, 0.4) is 0 Å². The lowest BCUT2D eigenvalue weighted by atomic mass is 10.1. The minimum absolute atomic E-state index is 0.172. The summed E-state index contributed by atoms with van der Waals surface area (Å²) in [6.07, 6.45) is 1.45. The van der Waals surface area contributed by atoms with Crippen molar-refractivity contribution in [2.24, 2.45) is 0 Å². The molecule has 0 atom stereocenters. The van der Waals surface area contributed by atoms with Gasteiger partial charge >= 0.3 is 0 Å². The summed E-state index contributed by atoms with van der Waals surface area (Å²) in [5.41, 5.74) is 2.11. The maximum absolute atomic E-state index is 12.8. The molecule has 1 N–H and O–H groups in total. The topological polar surface area (TPSA) is 61.9 Å². The van der Waals surface area contributed by atoms with E-state index in [1.54, 1.807) is 30.3 Å². The van der Waals surface area contributed by atoms with Gasteiger partial charge < -0.3 is 19.9 Å². The van der Waals surface area contributed by atoms with Crippen LogP contribution in [-0.2, 0) is 4.79 Å². The van der Waals surface area contributed by atoms with E-state index in [1.165, 1.54) is 0 Å². The van der Waals surface area contributed by atoms with E-state index in [-0.39, 0.29) is 11.8 Å². The van der Waals surface area contributed by atoms with Crippen LogP contribution in [0.25, 0.3) is 0 Å². The second kappa shape index (κ2) is 10.3. The molecule has 3 rings (SSSR count). The molecule has 2 amide bonds. The van der Waals surface area contributed by atoms with E-state index in [0.717, 1.165) is 17.9 Å². The number of halogens is 1. The Morgan fingerprint density at radius 2 is 1.73 bits per heavy atom. The lowest BCUT2D eigenvalue weighted by Crippen LogP contribution is -2.48. The summed E-state index contributed by atoms with van der Waals surface area (Å²) < 4.78 is 5.57. The van der Waals surface area contributed by atoms with Crippen LogP contribution in [0.2, 0.25) is 5.02 Å². The lowest BCUT2D eigenvalue weighted by Gasteiger charge is -2.37. The summed E-state index contributed by atoms with van der Waals surface area (Å²) in [5.74, 6) is 0.711. The number of carbonyl (C=O) groups excluding carboxylic acids is 2. The molecule has 0 spiro atoms. The average Bonchev–Trinajstić information content (AvgIpc) is 2.77. The van der Waals surface area contributed by atoms with Crippen LogP contribution < -0.4 is 15.0 Å². The smallest absolute Gasteiger partial charge is 0.255 e. The van der Waals surface area contributed by atoms with Gasteiger partial charge in [-0.15, -0.1) is 0 Å². The summed E-state index contributed by atoms with van der Waals surface area (Å²) in [6, 6.07) is 12.6. The molecule has 1 aliphatic heterocycles. The van der Waals surface area contributed by atoms with Crippen molar-refractivity contribution in [3.63, 3.8) is 0 Å². The number of rotatable bonds is 7. The Morgan fingerprint density at radius 1 is 1.03 bits per heavy atom. The Kier molecular flexibility index (Phi) is 7.57. The molecule has 160 valence electrons. The number of nitrogens with zero attached hydrogens (tertiary/aromatic N) is 2. The van der Waals surface area contributed by atoms with Gasteiger partial charge in [0, 0.05) is 43.2 Å². The number of nitrogens with one attached hydrogen (secondary N) is 1. The highest BCUT2D eigenvalue weighted by Gasteiger charge is 2.22. The largest absolute Gasteiger partial charge is 0.494 e. The Hall–Kier alpha value is -2.73. The number of piperazine rings is 1. The first-order valence-corrected chi connectivity index (χ1v) is 10.8. The van der Waals surface area contributed by atoms with Crippen molar-refractivity contribution in [2.45, 2.75) is 26.7 Å². The average molecular weight is 430 g/mol. The van der Waals surface area contributed by atoms with Crippen molar-refractivity contribution in [1.29, 1.82) is 0 Å². The molecule has 7 heteroatoms. The molecule has 1 saturated heterocycles. The van der Waals surface area contributed by atoms with E-state index in [0.29, 0.717) is 55.5 Å². The summed E-state index contributed by atoms with van der Waals surface area (Å²) >= 11 is 6.20. The number of hydrogen-bond donors (Lipinski definition) is 1. The van der Waals surface area contributed by atoms with Crippen molar-refractivity contribution in [3.8, 4) is 5.75 Å². The quantitative estimate of drug-likeness (QED) is 0.706. The van der Waals surface area contributed by atoms with Gasteiger partial charge in [-0.3, -0.25) is 9.59 Å². The van der Waals surface area contributed by atoms with E-state index in [1.807, 2.05) is 30.9 Å². The van der Waals surface area contributed by atoms with E-state index in [2.05, 4.69) is 10.2 Å². The maximum Gasteiger partial charge on any atom is 0.255 e. The standard InChI is InChI=1S/C23H28ClN3O3/c1-3-15-30-19-8-5-17(6-9-19)23(29)25-20-16-18(24)7-10-21(20)26-11-13-27(14-12-26)22(28)4-2/h5-10,16H,3-4,11-15H2,1-2H3,(H,25,29). The van der Waals surface area contributed by atoms with Crippen LogP contribution in [0.4, 0.5) is 11.4 Å². The molecular formula is C23H28ClN3O3. The van der Waals surface area contributed by atoms with E-state index >= 15 is 0 Å². The predicted molar refractivity (Wildman–Crippen MR) is 121 cm³/mol. The van der Waals surface area contributed by atoms with Gasteiger partial charge in [-0.25, -0.2) is 0 Å². The molecular weight excluding hydrogens is 402 g/mol. The van der Waals surface area contributed by atoms with Crippen LogP contribution in [0.1, 0.15) is 37.0 Å². The number of anilines is 2. The second-order valence-corrected chi connectivity index (χ2v) is 7.65. The third-order valence-corrected chi connectivity index (χ3v) is 5.31. The summed E-state index contributed by atoms with van der Waals surface area (Å²) in [6.45, 7) is 7.33. The van der Waals surface area contributed by atoms with Crippen LogP contribution in [-0.4, -0.2) is 49.5 Å². The maximum atomic E-state index is 12.8. The highest BCUT2D eigenvalue weighted by atomic mass is 35.5. The Labute approximate surface area is 182 Å². The molecule has 1 fully saturated rings. The minimum Gasteiger partial charge on any atom is -0.494 e. The molecule has 0 saturated carbocycles. The van der Waals surface area contributed by atoms with Crippen molar-refractivity contribution >= 4 is 34.8 Å². The van der Waals surface area contributed by atoms with Crippen LogP contribution >= 0.6 is 11.6 Å². The summed E-state index contributed by atoms with van der Waals surface area (Å²) in [7, 11) is 0. The molecule has 30 heavy (non-hydrogen) atoms. The third-order valence-electron chi connectivity index (χ3n) is 5.07. The van der Waals surface area contributed by atoms with E-state index in [4.69, 9.17) is 16.3 Å². The van der Waals surface area contributed by atoms with Gasteiger partial charge in [0.25, 0.3) is 5.91 Å². The second-order valence-electron chi connectivity index (χ2n) is 7.21. The molecule has 0 aliphatic carbocycles. The molecule has 1 aliphatic rings. The predicted octanol–water partition coefficient (Wildman–Crippen LogP) is 4.44. The first-order chi connectivity index (χ1) is 14.5. The fourth-order valence-corrected chi connectivity index (χ4v) is 3.59. The monoisotopic (exact) mass is 429 g/mol. The van der Waals surface area contributed by atoms with Gasteiger partial charge in [-0.05, 0) is 48.9 Å². The Bertz CT molecular complexity index is 878. The molecule has 2 aromatic carbocycles. The van der Waals surface area contributed by atoms with E-state index < -0.39 is 0 Å². The number of ether oxygens (including phenoxy) is 1. The van der Waals surface area contributed by atoms with Crippen LogP contribution in [0.15, 0.2) is 42.5 Å². The van der Waals surface area contributed by atoms with Crippen molar-refractivity contribution < 1.29 is 14.3 Å². The highest BCUT2D eigenvalue weighted by molar-refractivity contribution is 6.31. The fraction of sp³-hybridized carbons (Fsp3) is 0.391. The van der Waals surface area contributed by atoms with Crippen LogP contribution in [0.5, 0.6) is 5.75 Å². The molecule has 6 nitrogen and oxygen atoms in total. The van der Waals surface area contributed by atoms with Gasteiger partial charge in [-0.2, -0.15) is 0 Å². The minimum atomic E-state index is -0.208. The SMILES string of the molecule is CCCOc1ccc(C(=O)Nc2cc(Cl)ccc2N2CCN(C(=O)CC)CC2)cc1. The Balaban J connectivity index is 1.71. The van der Waals surface area contributed by atoms with Gasteiger partial charge in [0.1, 0.15) is 5.75 Å². The van der Waals surface area contributed by atoms with Crippen molar-refractivity contribution in [1.82, 2.24) is 4.90 Å². The zero-order valence-electron chi connectivity index (χ0n) is 17.5. The first-order valence-electron chi connectivity index (χ1n) is 10.4. The van der Waals surface area contributed by atoms with Crippen molar-refractivity contribution in [3.05, 3.63) is 53.1 Å². The zero-order valence-corrected chi connectivity index (χ0v) is 18.2. The van der Waals surface area contributed by atoms with Crippen LogP contribution in [0, 0.1) is 0 Å². The number of carbonyl (C=O) groups is 2. The molecule has 2 aromatic rings. The van der Waals surface area contributed by atoms with Gasteiger partial charge in [0.2, 0.25) is 5.91 Å². The Morgan fingerprint density at radius 3 is 2.37 bits per heavy atom. The first kappa shape index (κ1) is 22.0.